The van der Waals surface area contributed by atoms with E-state index in [1.54, 1.807) is 0 Å². The van der Waals surface area contributed by atoms with Crippen LogP contribution in [0.2, 0.25) is 0 Å². The molecule has 2 saturated heterocycles. The summed E-state index contributed by atoms with van der Waals surface area (Å²) in [6.45, 7) is 5.69. The highest BCUT2D eigenvalue weighted by molar-refractivity contribution is 5.20. The van der Waals surface area contributed by atoms with E-state index in [1.165, 1.54) is 0 Å². The largest absolute Gasteiger partial charge is 0.374 e. The average molecular weight is 623 g/mol. The minimum Gasteiger partial charge on any atom is -0.374 e. The maximum Gasteiger partial charge on any atom is 0.314 e. The van der Waals surface area contributed by atoms with Crippen LogP contribution in [0.15, 0.2) is 134 Å². The Kier molecular flexibility index (Phi) is 11.4. The summed E-state index contributed by atoms with van der Waals surface area (Å²) in [5.74, 6) is -1.48. The molecule has 4 aromatic rings. The Balaban J connectivity index is 1.30. The quantitative estimate of drug-likeness (QED) is 0.0959. The van der Waals surface area contributed by atoms with Crippen LogP contribution >= 0.6 is 0 Å². The number of allylic oxidation sites excluding steroid dienone is 1. The number of fused-ring (bicyclic) bond motifs is 1. The van der Waals surface area contributed by atoms with Gasteiger partial charge in [-0.15, -0.1) is 6.58 Å². The molecular weight excluding hydrogens is 580 g/mol. The molecule has 4 aromatic carbocycles. The highest BCUT2D eigenvalue weighted by Crippen LogP contribution is 2.45. The third-order valence-corrected chi connectivity index (χ3v) is 8.09. The second kappa shape index (κ2) is 16.3. The van der Waals surface area contributed by atoms with Gasteiger partial charge in [-0.2, -0.15) is 0 Å². The summed E-state index contributed by atoms with van der Waals surface area (Å²) in [4.78, 5) is 0. The third kappa shape index (κ3) is 8.18. The standard InChI is InChI=1S/C39H42O7/c1-2-3-16-25-43-39(33-23-14-7-15-24-33)45-37-36(42-28-32-21-12-6-13-22-32)35(41-27-31-19-10-5-11-20-31)34(44-38(37)46-39)29-40-26-30-17-8-4-9-18-30/h2,4-15,17-24,34-38H,1,3,16,25-29H2/t34?,35-,36-,37?,38+,39?/m1/s1. The van der Waals surface area contributed by atoms with Gasteiger partial charge in [-0.1, -0.05) is 127 Å². The van der Waals surface area contributed by atoms with Gasteiger partial charge in [-0.25, -0.2) is 0 Å². The van der Waals surface area contributed by atoms with Gasteiger partial charge in [0.1, 0.15) is 24.4 Å². The van der Waals surface area contributed by atoms with Gasteiger partial charge in [0, 0.05) is 5.56 Å². The van der Waals surface area contributed by atoms with Crippen molar-refractivity contribution in [2.24, 2.45) is 0 Å². The monoisotopic (exact) mass is 622 g/mol. The Labute approximate surface area is 271 Å². The van der Waals surface area contributed by atoms with E-state index < -0.39 is 36.7 Å². The predicted molar refractivity (Wildman–Crippen MR) is 174 cm³/mol. The molecular formula is C39H42O7. The van der Waals surface area contributed by atoms with Crippen LogP contribution in [0, 0.1) is 0 Å². The molecule has 2 aliphatic rings. The molecule has 0 N–H and O–H groups in total. The minimum atomic E-state index is -1.48. The molecule has 0 amide bonds. The first-order chi connectivity index (χ1) is 22.7. The Bertz CT molecular complexity index is 1450. The minimum absolute atomic E-state index is 0.269. The zero-order chi connectivity index (χ0) is 31.4. The fourth-order valence-corrected chi connectivity index (χ4v) is 5.75. The smallest absolute Gasteiger partial charge is 0.314 e. The van der Waals surface area contributed by atoms with Crippen molar-refractivity contribution in [3.8, 4) is 0 Å². The van der Waals surface area contributed by atoms with Crippen LogP contribution in [0.1, 0.15) is 35.1 Å². The van der Waals surface area contributed by atoms with Crippen molar-refractivity contribution < 1.29 is 33.2 Å². The number of hydrogen-bond donors (Lipinski definition) is 0. The first-order valence-electron chi connectivity index (χ1n) is 16.0. The summed E-state index contributed by atoms with van der Waals surface area (Å²) in [6.07, 6.45) is 0.426. The second-order valence-corrected chi connectivity index (χ2v) is 11.5. The Morgan fingerprint density at radius 1 is 0.652 bits per heavy atom. The van der Waals surface area contributed by atoms with Gasteiger partial charge < -0.3 is 28.4 Å². The van der Waals surface area contributed by atoms with Gasteiger partial charge >= 0.3 is 5.97 Å². The van der Waals surface area contributed by atoms with Crippen molar-refractivity contribution in [2.75, 3.05) is 13.2 Å². The molecule has 46 heavy (non-hydrogen) atoms. The summed E-state index contributed by atoms with van der Waals surface area (Å²) in [5.41, 5.74) is 3.90. The van der Waals surface area contributed by atoms with Crippen molar-refractivity contribution in [1.29, 1.82) is 0 Å². The average Bonchev–Trinajstić information content (AvgIpc) is 3.49. The molecule has 6 rings (SSSR count). The normalized spacial score (nSPS) is 25.6. The fourth-order valence-electron chi connectivity index (χ4n) is 5.75. The second-order valence-electron chi connectivity index (χ2n) is 11.5. The highest BCUT2D eigenvalue weighted by atomic mass is 16.9. The summed E-state index contributed by atoms with van der Waals surface area (Å²) >= 11 is 0. The molecule has 0 radical (unpaired) electrons. The van der Waals surface area contributed by atoms with Crippen LogP contribution in [0.4, 0.5) is 0 Å². The summed E-state index contributed by atoms with van der Waals surface area (Å²) in [7, 11) is 0. The first-order valence-corrected chi connectivity index (χ1v) is 16.0. The zero-order valence-electron chi connectivity index (χ0n) is 26.0. The third-order valence-electron chi connectivity index (χ3n) is 8.09. The number of ether oxygens (including phenoxy) is 7. The molecule has 7 nitrogen and oxygen atoms in total. The molecule has 0 saturated carbocycles. The van der Waals surface area contributed by atoms with Crippen molar-refractivity contribution in [1.82, 2.24) is 0 Å². The van der Waals surface area contributed by atoms with Crippen LogP contribution in [-0.2, 0) is 59.0 Å². The van der Waals surface area contributed by atoms with Gasteiger partial charge in [0.25, 0.3) is 0 Å². The summed E-state index contributed by atoms with van der Waals surface area (Å²) in [6, 6.07) is 39.9. The number of rotatable bonds is 16. The van der Waals surface area contributed by atoms with Crippen molar-refractivity contribution in [3.05, 3.63) is 156 Å². The molecule has 2 aliphatic heterocycles. The van der Waals surface area contributed by atoms with E-state index in [4.69, 9.17) is 33.2 Å². The van der Waals surface area contributed by atoms with Crippen LogP contribution in [0.3, 0.4) is 0 Å². The SMILES string of the molecule is C=CCCCOC1(c2ccccc2)OC2[C@@H](OC(COCc3ccccc3)[C@@H](OCc3ccccc3)[C@H]2OCc2ccccc2)O1. The summed E-state index contributed by atoms with van der Waals surface area (Å²) in [5, 5.41) is 0. The Morgan fingerprint density at radius 2 is 1.20 bits per heavy atom. The molecule has 240 valence electrons. The maximum atomic E-state index is 6.78. The van der Waals surface area contributed by atoms with E-state index in [0.717, 1.165) is 35.1 Å². The predicted octanol–water partition coefficient (Wildman–Crippen LogP) is 7.31. The number of benzene rings is 4. The molecule has 0 aromatic heterocycles. The van der Waals surface area contributed by atoms with E-state index in [9.17, 15) is 0 Å². The van der Waals surface area contributed by atoms with Gasteiger partial charge in [-0.05, 0) is 29.5 Å². The molecule has 0 bridgehead atoms. The van der Waals surface area contributed by atoms with Crippen LogP contribution in [-0.4, -0.2) is 43.9 Å². The molecule has 0 aliphatic carbocycles. The zero-order valence-corrected chi connectivity index (χ0v) is 26.0. The molecule has 7 heteroatoms. The van der Waals surface area contributed by atoms with Gasteiger partial charge in [0.15, 0.2) is 6.29 Å². The van der Waals surface area contributed by atoms with Crippen LogP contribution in [0.5, 0.6) is 0 Å². The number of hydrogen-bond acceptors (Lipinski definition) is 7. The first kappa shape index (κ1) is 32.3. The molecule has 2 heterocycles. The maximum absolute atomic E-state index is 6.78. The fraction of sp³-hybridized carbons (Fsp3) is 0.333. The lowest BCUT2D eigenvalue weighted by Gasteiger charge is -2.42. The molecule has 2 fully saturated rings. The lowest BCUT2D eigenvalue weighted by molar-refractivity contribution is -0.367. The topological polar surface area (TPSA) is 64.6 Å². The lowest BCUT2D eigenvalue weighted by atomic mass is 9.98. The van der Waals surface area contributed by atoms with Crippen molar-refractivity contribution in [2.45, 2.75) is 69.3 Å². The van der Waals surface area contributed by atoms with Gasteiger partial charge in [-0.3, -0.25) is 4.74 Å². The molecule has 0 spiro atoms. The van der Waals surface area contributed by atoms with E-state index >= 15 is 0 Å². The molecule has 3 unspecified atom stereocenters. The van der Waals surface area contributed by atoms with E-state index in [2.05, 4.69) is 6.58 Å². The van der Waals surface area contributed by atoms with Gasteiger partial charge in [0.2, 0.25) is 0 Å². The van der Waals surface area contributed by atoms with Crippen molar-refractivity contribution in [3.63, 3.8) is 0 Å². The van der Waals surface area contributed by atoms with E-state index in [-0.39, 0.29) is 6.61 Å². The van der Waals surface area contributed by atoms with Crippen LogP contribution in [0.25, 0.3) is 0 Å². The van der Waals surface area contributed by atoms with Crippen LogP contribution < -0.4 is 0 Å². The highest BCUT2D eigenvalue weighted by Gasteiger charge is 2.60. The Morgan fingerprint density at radius 3 is 1.78 bits per heavy atom. The van der Waals surface area contributed by atoms with Crippen molar-refractivity contribution >= 4 is 0 Å². The lowest BCUT2D eigenvalue weighted by Crippen LogP contribution is -2.59. The van der Waals surface area contributed by atoms with E-state index in [0.29, 0.717) is 26.4 Å². The van der Waals surface area contributed by atoms with E-state index in [1.807, 2.05) is 127 Å². The molecule has 6 atom stereocenters. The Hall–Kier alpha value is -3.66. The summed E-state index contributed by atoms with van der Waals surface area (Å²) < 4.78 is 46.1. The van der Waals surface area contributed by atoms with Gasteiger partial charge in [0.05, 0.1) is 33.0 Å². The number of unbranched alkanes of at least 4 members (excludes halogenated alkanes) is 1.